The first kappa shape index (κ1) is 18.1. The number of ether oxygens (including phenoxy) is 2. The molecule has 7 heteroatoms. The molecule has 2 saturated heterocycles. The van der Waals surface area contributed by atoms with Gasteiger partial charge in [0.15, 0.2) is 11.5 Å². The number of hydrogen-bond donors (Lipinski definition) is 1. The molecule has 3 aliphatic rings. The van der Waals surface area contributed by atoms with Crippen LogP contribution >= 0.6 is 0 Å². The first-order valence-corrected chi connectivity index (χ1v) is 9.80. The van der Waals surface area contributed by atoms with Crippen LogP contribution in [0, 0.1) is 5.92 Å². The second-order valence-electron chi connectivity index (χ2n) is 7.69. The smallest absolute Gasteiger partial charge is 0.228 e. The SMILES string of the molecule is CC(N)C1CCCCN1C(=O)C1CC(=O)N(c2ccc3c(c2)OCCO3)C1. The zero-order chi connectivity index (χ0) is 19.0. The van der Waals surface area contributed by atoms with E-state index in [2.05, 4.69) is 0 Å². The first-order chi connectivity index (χ1) is 13.0. The molecule has 1 aromatic rings. The number of likely N-dealkylation sites (tertiary alicyclic amines) is 1. The topological polar surface area (TPSA) is 85.1 Å². The van der Waals surface area contributed by atoms with Gasteiger partial charge in [-0.2, -0.15) is 0 Å². The van der Waals surface area contributed by atoms with Crippen molar-refractivity contribution >= 4 is 17.5 Å². The summed E-state index contributed by atoms with van der Waals surface area (Å²) in [6, 6.07) is 5.52. The molecule has 0 spiro atoms. The summed E-state index contributed by atoms with van der Waals surface area (Å²) in [5.74, 6) is 1.06. The summed E-state index contributed by atoms with van der Waals surface area (Å²) in [5.41, 5.74) is 6.86. The average Bonchev–Trinajstić information content (AvgIpc) is 3.08. The minimum Gasteiger partial charge on any atom is -0.486 e. The third-order valence-corrected chi connectivity index (χ3v) is 5.75. The van der Waals surface area contributed by atoms with E-state index in [0.717, 1.165) is 31.5 Å². The van der Waals surface area contributed by atoms with Gasteiger partial charge in [-0.1, -0.05) is 0 Å². The van der Waals surface area contributed by atoms with Gasteiger partial charge in [0.2, 0.25) is 11.8 Å². The van der Waals surface area contributed by atoms with E-state index in [1.54, 1.807) is 4.90 Å². The Morgan fingerprint density at radius 2 is 2.00 bits per heavy atom. The maximum atomic E-state index is 13.1. The van der Waals surface area contributed by atoms with Crippen LogP contribution in [0.5, 0.6) is 11.5 Å². The van der Waals surface area contributed by atoms with Crippen LogP contribution in [0.3, 0.4) is 0 Å². The van der Waals surface area contributed by atoms with E-state index in [1.807, 2.05) is 30.0 Å². The number of carbonyl (C=O) groups is 2. The number of anilines is 1. The van der Waals surface area contributed by atoms with Crippen LogP contribution in [0.2, 0.25) is 0 Å². The molecule has 3 heterocycles. The molecular formula is C20H27N3O4. The summed E-state index contributed by atoms with van der Waals surface area (Å²) < 4.78 is 11.2. The molecule has 27 heavy (non-hydrogen) atoms. The second kappa shape index (κ2) is 7.38. The van der Waals surface area contributed by atoms with Gasteiger partial charge >= 0.3 is 0 Å². The van der Waals surface area contributed by atoms with Crippen LogP contribution in [0.25, 0.3) is 0 Å². The van der Waals surface area contributed by atoms with Gasteiger partial charge in [-0.25, -0.2) is 0 Å². The quantitative estimate of drug-likeness (QED) is 0.869. The van der Waals surface area contributed by atoms with Gasteiger partial charge < -0.3 is 25.0 Å². The van der Waals surface area contributed by atoms with Crippen molar-refractivity contribution < 1.29 is 19.1 Å². The highest BCUT2D eigenvalue weighted by Gasteiger charge is 2.40. The van der Waals surface area contributed by atoms with E-state index in [9.17, 15) is 9.59 Å². The van der Waals surface area contributed by atoms with Crippen molar-refractivity contribution in [3.63, 3.8) is 0 Å². The average molecular weight is 373 g/mol. The highest BCUT2D eigenvalue weighted by Crippen LogP contribution is 2.36. The molecule has 7 nitrogen and oxygen atoms in total. The van der Waals surface area contributed by atoms with E-state index >= 15 is 0 Å². The fourth-order valence-electron chi connectivity index (χ4n) is 4.33. The van der Waals surface area contributed by atoms with Crippen molar-refractivity contribution in [3.05, 3.63) is 18.2 Å². The van der Waals surface area contributed by atoms with Crippen molar-refractivity contribution in [2.75, 3.05) is 31.2 Å². The third kappa shape index (κ3) is 3.48. The number of piperidine rings is 1. The van der Waals surface area contributed by atoms with Gasteiger partial charge in [-0.05, 0) is 38.3 Å². The second-order valence-corrected chi connectivity index (χ2v) is 7.69. The van der Waals surface area contributed by atoms with E-state index in [-0.39, 0.29) is 36.2 Å². The van der Waals surface area contributed by atoms with Gasteiger partial charge in [0.1, 0.15) is 13.2 Å². The molecule has 0 aromatic heterocycles. The highest BCUT2D eigenvalue weighted by molar-refractivity contribution is 6.00. The van der Waals surface area contributed by atoms with Gasteiger partial charge in [-0.3, -0.25) is 9.59 Å². The normalized spacial score (nSPS) is 26.2. The van der Waals surface area contributed by atoms with Gasteiger partial charge in [0.05, 0.1) is 5.92 Å². The molecule has 0 radical (unpaired) electrons. The maximum Gasteiger partial charge on any atom is 0.228 e. The third-order valence-electron chi connectivity index (χ3n) is 5.75. The van der Waals surface area contributed by atoms with Crippen LogP contribution in [0.4, 0.5) is 5.69 Å². The number of benzene rings is 1. The molecule has 3 atom stereocenters. The molecule has 1 aromatic carbocycles. The number of rotatable bonds is 3. The fourth-order valence-corrected chi connectivity index (χ4v) is 4.33. The predicted octanol–water partition coefficient (Wildman–Crippen LogP) is 1.54. The summed E-state index contributed by atoms with van der Waals surface area (Å²) in [6.07, 6.45) is 3.29. The molecule has 2 fully saturated rings. The molecule has 0 aliphatic carbocycles. The van der Waals surface area contributed by atoms with Gasteiger partial charge in [0.25, 0.3) is 0 Å². The summed E-state index contributed by atoms with van der Waals surface area (Å²) in [6.45, 7) is 4.12. The lowest BCUT2D eigenvalue weighted by Crippen LogP contribution is -2.53. The molecular weight excluding hydrogens is 346 g/mol. The number of hydrogen-bond acceptors (Lipinski definition) is 5. The minimum atomic E-state index is -0.315. The minimum absolute atomic E-state index is 0.0283. The van der Waals surface area contributed by atoms with Crippen molar-refractivity contribution in [2.24, 2.45) is 11.7 Å². The Balaban J connectivity index is 1.49. The molecule has 3 aliphatic heterocycles. The maximum absolute atomic E-state index is 13.1. The number of nitrogens with two attached hydrogens (primary N) is 1. The summed E-state index contributed by atoms with van der Waals surface area (Å²) in [7, 11) is 0. The Bertz CT molecular complexity index is 736. The molecule has 2 amide bonds. The number of amides is 2. The largest absolute Gasteiger partial charge is 0.486 e. The van der Waals surface area contributed by atoms with E-state index < -0.39 is 0 Å². The van der Waals surface area contributed by atoms with Gasteiger partial charge in [-0.15, -0.1) is 0 Å². The van der Waals surface area contributed by atoms with Crippen molar-refractivity contribution in [1.29, 1.82) is 0 Å². The Morgan fingerprint density at radius 1 is 1.22 bits per heavy atom. The molecule has 146 valence electrons. The van der Waals surface area contributed by atoms with Gasteiger partial charge in [0, 0.05) is 43.3 Å². The monoisotopic (exact) mass is 373 g/mol. The standard InChI is InChI=1S/C20H27N3O4/c1-13(21)16-4-2-3-7-22(16)20(25)14-10-19(24)23(12-14)15-5-6-17-18(11-15)27-9-8-26-17/h5-6,11,13-14,16H,2-4,7-10,12,21H2,1H3. The van der Waals surface area contributed by atoms with Crippen LogP contribution in [-0.2, 0) is 9.59 Å². The van der Waals surface area contributed by atoms with Crippen molar-refractivity contribution in [2.45, 2.75) is 44.7 Å². The van der Waals surface area contributed by atoms with Crippen molar-refractivity contribution in [3.8, 4) is 11.5 Å². The molecule has 2 N–H and O–H groups in total. The zero-order valence-electron chi connectivity index (χ0n) is 15.7. The molecule has 0 saturated carbocycles. The van der Waals surface area contributed by atoms with Crippen molar-refractivity contribution in [1.82, 2.24) is 4.90 Å². The van der Waals surface area contributed by atoms with Crippen LogP contribution in [0.15, 0.2) is 18.2 Å². The van der Waals surface area contributed by atoms with E-state index in [0.29, 0.717) is 31.3 Å². The fraction of sp³-hybridized carbons (Fsp3) is 0.600. The van der Waals surface area contributed by atoms with Crippen LogP contribution in [0.1, 0.15) is 32.6 Å². The van der Waals surface area contributed by atoms with E-state index in [1.165, 1.54) is 0 Å². The Labute approximate surface area is 159 Å². The highest BCUT2D eigenvalue weighted by atomic mass is 16.6. The Morgan fingerprint density at radius 3 is 2.78 bits per heavy atom. The number of carbonyl (C=O) groups excluding carboxylic acids is 2. The lowest BCUT2D eigenvalue weighted by atomic mass is 9.94. The number of nitrogens with zero attached hydrogens (tertiary/aromatic N) is 2. The number of fused-ring (bicyclic) bond motifs is 1. The molecule has 3 unspecified atom stereocenters. The molecule has 4 rings (SSSR count). The first-order valence-electron chi connectivity index (χ1n) is 9.80. The van der Waals surface area contributed by atoms with Crippen LogP contribution < -0.4 is 20.1 Å². The lowest BCUT2D eigenvalue weighted by molar-refractivity contribution is -0.139. The predicted molar refractivity (Wildman–Crippen MR) is 101 cm³/mol. The zero-order valence-corrected chi connectivity index (χ0v) is 15.7. The van der Waals surface area contributed by atoms with Crippen LogP contribution in [-0.4, -0.2) is 55.1 Å². The Hall–Kier alpha value is -2.28. The summed E-state index contributed by atoms with van der Waals surface area (Å²) >= 11 is 0. The van der Waals surface area contributed by atoms with E-state index in [4.69, 9.17) is 15.2 Å². The lowest BCUT2D eigenvalue weighted by Gasteiger charge is -2.39. The summed E-state index contributed by atoms with van der Waals surface area (Å²) in [4.78, 5) is 29.3. The summed E-state index contributed by atoms with van der Waals surface area (Å²) in [5, 5.41) is 0. The molecule has 0 bridgehead atoms. The Kier molecular flexibility index (Phi) is 4.95.